The maximum absolute atomic E-state index is 12.3. The van der Waals surface area contributed by atoms with Crippen LogP contribution in [0.5, 0.6) is 0 Å². The summed E-state index contributed by atoms with van der Waals surface area (Å²) in [6, 6.07) is 0.697. The summed E-state index contributed by atoms with van der Waals surface area (Å²) in [5.74, 6) is 0.290. The Hall–Kier alpha value is -0.870. The Morgan fingerprint density at radius 3 is 2.50 bits per heavy atom. The Morgan fingerprint density at radius 2 is 2.00 bits per heavy atom. The van der Waals surface area contributed by atoms with Crippen molar-refractivity contribution in [2.75, 3.05) is 26.2 Å². The van der Waals surface area contributed by atoms with Gasteiger partial charge < -0.3 is 10.6 Å². The van der Waals surface area contributed by atoms with Gasteiger partial charge in [-0.1, -0.05) is 19.1 Å². The highest BCUT2D eigenvalue weighted by Crippen LogP contribution is 2.20. The lowest BCUT2D eigenvalue weighted by Gasteiger charge is -2.38. The molecule has 4 nitrogen and oxygen atoms in total. The van der Waals surface area contributed by atoms with Crippen molar-refractivity contribution in [1.82, 2.24) is 9.80 Å². The lowest BCUT2D eigenvalue weighted by molar-refractivity contribution is -0.136. The summed E-state index contributed by atoms with van der Waals surface area (Å²) in [6.45, 7) is 8.21. The van der Waals surface area contributed by atoms with Crippen molar-refractivity contribution < 1.29 is 4.79 Å². The van der Waals surface area contributed by atoms with E-state index in [1.165, 1.54) is 6.42 Å². The first-order chi connectivity index (χ1) is 8.61. The summed E-state index contributed by atoms with van der Waals surface area (Å²) in [4.78, 5) is 16.8. The second kappa shape index (κ2) is 5.85. The minimum absolute atomic E-state index is 0.0233. The number of carbonyl (C=O) groups excluding carboxylic acids is 1. The molecule has 0 aromatic heterocycles. The molecule has 3 unspecified atom stereocenters. The Bertz CT molecular complexity index is 321. The SMILES string of the molecule is CCC(C)N1CCN(C(=O)C2C=CC(N)C2)CC1. The Labute approximate surface area is 110 Å². The predicted molar refractivity (Wildman–Crippen MR) is 73.1 cm³/mol. The number of nitrogens with two attached hydrogens (primary N) is 1. The fourth-order valence-corrected chi connectivity index (χ4v) is 2.79. The van der Waals surface area contributed by atoms with Gasteiger partial charge in [-0.05, 0) is 19.8 Å². The maximum Gasteiger partial charge on any atom is 0.229 e. The second-order valence-corrected chi connectivity index (χ2v) is 5.51. The van der Waals surface area contributed by atoms with Gasteiger partial charge in [0.05, 0.1) is 5.92 Å². The summed E-state index contributed by atoms with van der Waals surface area (Å²) in [7, 11) is 0. The van der Waals surface area contributed by atoms with Crippen LogP contribution in [0, 0.1) is 5.92 Å². The van der Waals surface area contributed by atoms with Crippen LogP contribution in [0.2, 0.25) is 0 Å². The van der Waals surface area contributed by atoms with Crippen LogP contribution in [0.4, 0.5) is 0 Å². The monoisotopic (exact) mass is 251 g/mol. The van der Waals surface area contributed by atoms with Gasteiger partial charge >= 0.3 is 0 Å². The van der Waals surface area contributed by atoms with Crippen molar-refractivity contribution >= 4 is 5.91 Å². The van der Waals surface area contributed by atoms with E-state index in [9.17, 15) is 4.79 Å². The number of piperazine rings is 1. The molecule has 1 aliphatic carbocycles. The summed E-state index contributed by atoms with van der Waals surface area (Å²) >= 11 is 0. The molecule has 2 rings (SSSR count). The van der Waals surface area contributed by atoms with Gasteiger partial charge in [-0.3, -0.25) is 9.69 Å². The highest BCUT2D eigenvalue weighted by molar-refractivity contribution is 5.81. The van der Waals surface area contributed by atoms with Crippen molar-refractivity contribution in [2.45, 2.75) is 38.8 Å². The molecule has 18 heavy (non-hydrogen) atoms. The molecule has 102 valence electrons. The average Bonchev–Trinajstić information content (AvgIpc) is 2.84. The Kier molecular flexibility index (Phi) is 4.40. The lowest BCUT2D eigenvalue weighted by atomic mass is 10.1. The quantitative estimate of drug-likeness (QED) is 0.756. The van der Waals surface area contributed by atoms with E-state index in [0.29, 0.717) is 6.04 Å². The van der Waals surface area contributed by atoms with Crippen molar-refractivity contribution in [3.8, 4) is 0 Å². The minimum atomic E-state index is 0.0233. The molecule has 1 aliphatic heterocycles. The molecule has 1 heterocycles. The first-order valence-electron chi connectivity index (χ1n) is 7.08. The van der Waals surface area contributed by atoms with Crippen molar-refractivity contribution in [3.05, 3.63) is 12.2 Å². The highest BCUT2D eigenvalue weighted by Gasteiger charge is 2.29. The van der Waals surface area contributed by atoms with Gasteiger partial charge in [0, 0.05) is 38.3 Å². The van der Waals surface area contributed by atoms with Crippen molar-refractivity contribution in [2.24, 2.45) is 11.7 Å². The average molecular weight is 251 g/mol. The number of nitrogens with zero attached hydrogens (tertiary/aromatic N) is 2. The molecule has 0 bridgehead atoms. The lowest BCUT2D eigenvalue weighted by Crippen LogP contribution is -2.52. The summed E-state index contributed by atoms with van der Waals surface area (Å²) in [6.07, 6.45) is 5.89. The molecule has 0 spiro atoms. The molecule has 0 radical (unpaired) electrons. The molecule has 2 aliphatic rings. The third kappa shape index (κ3) is 2.93. The highest BCUT2D eigenvalue weighted by atomic mass is 16.2. The molecule has 0 aromatic carbocycles. The van der Waals surface area contributed by atoms with E-state index in [-0.39, 0.29) is 17.9 Å². The van der Waals surface area contributed by atoms with Crippen LogP contribution in [0.1, 0.15) is 26.7 Å². The van der Waals surface area contributed by atoms with Gasteiger partial charge in [0.1, 0.15) is 0 Å². The van der Waals surface area contributed by atoms with E-state index in [1.54, 1.807) is 0 Å². The molecule has 4 heteroatoms. The second-order valence-electron chi connectivity index (χ2n) is 5.51. The molecular formula is C14H25N3O. The van der Waals surface area contributed by atoms with Crippen LogP contribution in [0.25, 0.3) is 0 Å². The molecule has 0 saturated carbocycles. The summed E-state index contributed by atoms with van der Waals surface area (Å²) < 4.78 is 0. The summed E-state index contributed by atoms with van der Waals surface area (Å²) in [5.41, 5.74) is 5.81. The van der Waals surface area contributed by atoms with E-state index >= 15 is 0 Å². The number of hydrogen-bond acceptors (Lipinski definition) is 3. The largest absolute Gasteiger partial charge is 0.340 e. The first kappa shape index (κ1) is 13.6. The summed E-state index contributed by atoms with van der Waals surface area (Å²) in [5, 5.41) is 0. The normalized spacial score (nSPS) is 30.7. The van der Waals surface area contributed by atoms with E-state index in [1.807, 2.05) is 17.1 Å². The third-order valence-corrected chi connectivity index (χ3v) is 4.27. The van der Waals surface area contributed by atoms with E-state index in [0.717, 1.165) is 32.6 Å². The van der Waals surface area contributed by atoms with E-state index in [2.05, 4.69) is 18.7 Å². The van der Waals surface area contributed by atoms with Gasteiger partial charge in [0.2, 0.25) is 5.91 Å². The zero-order valence-corrected chi connectivity index (χ0v) is 11.5. The van der Waals surface area contributed by atoms with Gasteiger partial charge in [-0.15, -0.1) is 0 Å². The standard InChI is InChI=1S/C14H25N3O/c1-3-11(2)16-6-8-17(9-7-16)14(18)12-4-5-13(15)10-12/h4-5,11-13H,3,6-10,15H2,1-2H3. The Balaban J connectivity index is 1.83. The Morgan fingerprint density at radius 1 is 1.33 bits per heavy atom. The van der Waals surface area contributed by atoms with Gasteiger partial charge in [-0.25, -0.2) is 0 Å². The molecule has 0 aromatic rings. The zero-order valence-electron chi connectivity index (χ0n) is 11.5. The predicted octanol–water partition coefficient (Wildman–Crippen LogP) is 0.833. The van der Waals surface area contributed by atoms with Gasteiger partial charge in [0.25, 0.3) is 0 Å². The fourth-order valence-electron chi connectivity index (χ4n) is 2.79. The van der Waals surface area contributed by atoms with Crippen LogP contribution >= 0.6 is 0 Å². The number of hydrogen-bond donors (Lipinski definition) is 1. The zero-order chi connectivity index (χ0) is 13.1. The van der Waals surface area contributed by atoms with Crippen LogP contribution in [0.15, 0.2) is 12.2 Å². The molecule has 3 atom stereocenters. The smallest absolute Gasteiger partial charge is 0.229 e. The van der Waals surface area contributed by atoms with Gasteiger partial charge in [0.15, 0.2) is 0 Å². The van der Waals surface area contributed by atoms with Crippen molar-refractivity contribution in [3.63, 3.8) is 0 Å². The van der Waals surface area contributed by atoms with Crippen LogP contribution in [-0.2, 0) is 4.79 Å². The van der Waals surface area contributed by atoms with Crippen molar-refractivity contribution in [1.29, 1.82) is 0 Å². The first-order valence-corrected chi connectivity index (χ1v) is 7.08. The topological polar surface area (TPSA) is 49.6 Å². The van der Waals surface area contributed by atoms with Crippen LogP contribution in [-0.4, -0.2) is 54.0 Å². The number of amides is 1. The van der Waals surface area contributed by atoms with Crippen LogP contribution in [0.3, 0.4) is 0 Å². The van der Waals surface area contributed by atoms with Crippen LogP contribution < -0.4 is 5.73 Å². The third-order valence-electron chi connectivity index (χ3n) is 4.27. The van der Waals surface area contributed by atoms with E-state index < -0.39 is 0 Å². The minimum Gasteiger partial charge on any atom is -0.340 e. The maximum atomic E-state index is 12.3. The fraction of sp³-hybridized carbons (Fsp3) is 0.786. The molecule has 1 fully saturated rings. The van der Waals surface area contributed by atoms with Gasteiger partial charge in [-0.2, -0.15) is 0 Å². The number of carbonyl (C=O) groups is 1. The number of rotatable bonds is 3. The molecule has 2 N–H and O–H groups in total. The molecular weight excluding hydrogens is 226 g/mol. The molecule has 1 saturated heterocycles. The molecule has 1 amide bonds. The van der Waals surface area contributed by atoms with E-state index in [4.69, 9.17) is 5.73 Å².